The fourth-order valence-electron chi connectivity index (χ4n) is 4.72. The third kappa shape index (κ3) is 4.82. The van der Waals surface area contributed by atoms with E-state index < -0.39 is 6.17 Å². The van der Waals surface area contributed by atoms with Crippen molar-refractivity contribution in [2.45, 2.75) is 13.1 Å². The number of morpholine rings is 1. The first-order valence-corrected chi connectivity index (χ1v) is 12.5. The Morgan fingerprint density at radius 3 is 2.32 bits per heavy atom. The Bertz CT molecular complexity index is 1310. The summed E-state index contributed by atoms with van der Waals surface area (Å²) in [6.45, 7) is 4.41. The van der Waals surface area contributed by atoms with Crippen molar-refractivity contribution in [3.63, 3.8) is 0 Å². The zero-order chi connectivity index (χ0) is 25.9. The molecule has 0 N–H and O–H groups in total. The number of methoxy groups -OCH3 is 2. The lowest BCUT2D eigenvalue weighted by Crippen LogP contribution is -2.38. The molecule has 0 aromatic heterocycles. The molecular formula is C28H29ClN4O4. The summed E-state index contributed by atoms with van der Waals surface area (Å²) < 4.78 is 16.5. The molecule has 1 fully saturated rings. The van der Waals surface area contributed by atoms with Crippen LogP contribution >= 0.6 is 11.6 Å². The number of rotatable bonds is 7. The molecule has 0 amide bonds. The van der Waals surface area contributed by atoms with Crippen molar-refractivity contribution in [1.82, 2.24) is 0 Å². The number of ketones is 1. The quantitative estimate of drug-likeness (QED) is 0.428. The number of hydrazone groups is 1. The molecule has 37 heavy (non-hydrogen) atoms. The Hall–Kier alpha value is -3.75. The van der Waals surface area contributed by atoms with E-state index in [9.17, 15) is 4.79 Å². The van der Waals surface area contributed by atoms with Crippen LogP contribution in [0, 0.1) is 0 Å². The molecule has 0 saturated carbocycles. The van der Waals surface area contributed by atoms with Gasteiger partial charge in [-0.2, -0.15) is 0 Å². The van der Waals surface area contributed by atoms with Gasteiger partial charge in [-0.15, -0.1) is 5.10 Å². The molecule has 2 aliphatic heterocycles. The second kappa shape index (κ2) is 10.7. The Balaban J connectivity index is 1.63. The third-order valence-electron chi connectivity index (χ3n) is 6.51. The molecule has 9 heteroatoms. The van der Waals surface area contributed by atoms with Crippen molar-refractivity contribution in [2.24, 2.45) is 5.10 Å². The average Bonchev–Trinajstić information content (AvgIpc) is 3.35. The number of amidine groups is 1. The summed E-state index contributed by atoms with van der Waals surface area (Å²) in [4.78, 5) is 17.0. The molecule has 0 bridgehead atoms. The molecule has 5 rings (SSSR count). The topological polar surface area (TPSA) is 66.8 Å². The van der Waals surface area contributed by atoms with Crippen LogP contribution in [0.25, 0.3) is 0 Å². The van der Waals surface area contributed by atoms with Crippen molar-refractivity contribution in [2.75, 3.05) is 55.3 Å². The summed E-state index contributed by atoms with van der Waals surface area (Å²) in [6, 6.07) is 21.4. The van der Waals surface area contributed by atoms with Crippen LogP contribution in [0.4, 0.5) is 17.1 Å². The van der Waals surface area contributed by atoms with Crippen molar-refractivity contribution in [1.29, 1.82) is 0 Å². The van der Waals surface area contributed by atoms with E-state index in [0.717, 1.165) is 35.7 Å². The van der Waals surface area contributed by atoms with E-state index in [0.29, 0.717) is 35.6 Å². The van der Waals surface area contributed by atoms with Gasteiger partial charge in [0.1, 0.15) is 0 Å². The average molecular weight is 521 g/mol. The molecule has 0 radical (unpaired) electrons. The van der Waals surface area contributed by atoms with E-state index in [-0.39, 0.29) is 5.78 Å². The minimum absolute atomic E-state index is 0.155. The first-order valence-electron chi connectivity index (χ1n) is 12.1. The minimum atomic E-state index is -0.466. The van der Waals surface area contributed by atoms with Gasteiger partial charge >= 0.3 is 0 Å². The summed E-state index contributed by atoms with van der Waals surface area (Å²) in [5.41, 5.74) is 3.42. The zero-order valence-electron chi connectivity index (χ0n) is 21.1. The number of Topliss-reactive ketones (excluding diaryl/α,β-unsaturated/α-hetero) is 1. The molecule has 8 nitrogen and oxygen atoms in total. The number of nitrogens with zero attached hydrogens (tertiary/aromatic N) is 4. The van der Waals surface area contributed by atoms with E-state index in [1.165, 1.54) is 6.92 Å². The fraction of sp³-hybridized carbons (Fsp3) is 0.286. The molecule has 2 aliphatic rings. The highest BCUT2D eigenvalue weighted by molar-refractivity contribution is 6.44. The van der Waals surface area contributed by atoms with Gasteiger partial charge in [-0.1, -0.05) is 35.9 Å². The van der Waals surface area contributed by atoms with Crippen molar-refractivity contribution < 1.29 is 19.0 Å². The lowest BCUT2D eigenvalue weighted by molar-refractivity contribution is -0.111. The van der Waals surface area contributed by atoms with Gasteiger partial charge < -0.3 is 19.1 Å². The van der Waals surface area contributed by atoms with E-state index in [2.05, 4.69) is 4.90 Å². The van der Waals surface area contributed by atoms with Crippen LogP contribution in [-0.4, -0.2) is 52.1 Å². The summed E-state index contributed by atoms with van der Waals surface area (Å²) in [5, 5.41) is 7.25. The Morgan fingerprint density at radius 2 is 1.68 bits per heavy atom. The number of anilines is 3. The number of hydrogen-bond acceptors (Lipinski definition) is 8. The molecular weight excluding hydrogens is 492 g/mol. The lowest BCUT2D eigenvalue weighted by Gasteiger charge is -2.33. The van der Waals surface area contributed by atoms with Crippen LogP contribution in [0.2, 0.25) is 5.02 Å². The molecule has 1 saturated heterocycles. The Labute approximate surface area is 221 Å². The SMILES string of the molecule is COc1ccc([C@H]2N(c3ccccc3)N=C(C(C)=O)N2c2ccc(N3CCOCC3)c(Cl)c2)cc1OC. The van der Waals surface area contributed by atoms with E-state index in [4.69, 9.17) is 30.9 Å². The maximum Gasteiger partial charge on any atom is 0.198 e. The van der Waals surface area contributed by atoms with Gasteiger partial charge in [-0.05, 0) is 42.5 Å². The van der Waals surface area contributed by atoms with Crippen molar-refractivity contribution in [3.8, 4) is 11.5 Å². The predicted molar refractivity (Wildman–Crippen MR) is 146 cm³/mol. The van der Waals surface area contributed by atoms with Gasteiger partial charge in [0, 0.05) is 31.3 Å². The number of halogens is 1. The maximum absolute atomic E-state index is 12.9. The van der Waals surface area contributed by atoms with Crippen LogP contribution in [0.3, 0.4) is 0 Å². The van der Waals surface area contributed by atoms with Crippen LogP contribution < -0.4 is 24.3 Å². The summed E-state index contributed by atoms with van der Waals surface area (Å²) in [5.74, 6) is 1.37. The van der Waals surface area contributed by atoms with Gasteiger partial charge in [0.25, 0.3) is 0 Å². The minimum Gasteiger partial charge on any atom is -0.493 e. The highest BCUT2D eigenvalue weighted by Crippen LogP contribution is 2.43. The second-order valence-corrected chi connectivity index (χ2v) is 9.16. The standard InChI is InChI=1S/C28H29ClN4O4/c1-19(34)27-30-33(21-7-5-4-6-8-21)28(20-9-12-25(35-2)26(17-20)36-3)32(27)22-10-11-24(23(29)18-22)31-13-15-37-16-14-31/h4-12,17-18,28H,13-16H2,1-3H3/t28-/m1/s1. The molecule has 1 atom stereocenters. The number of carbonyl (C=O) groups excluding carboxylic acids is 1. The first kappa shape index (κ1) is 24.9. The largest absolute Gasteiger partial charge is 0.493 e. The summed E-state index contributed by atoms with van der Waals surface area (Å²) in [7, 11) is 3.20. The van der Waals surface area contributed by atoms with Gasteiger partial charge in [0.15, 0.2) is 29.3 Å². The summed E-state index contributed by atoms with van der Waals surface area (Å²) in [6.07, 6.45) is -0.466. The van der Waals surface area contributed by atoms with E-state index in [1.807, 2.05) is 76.6 Å². The summed E-state index contributed by atoms with van der Waals surface area (Å²) >= 11 is 6.82. The van der Waals surface area contributed by atoms with Crippen LogP contribution in [-0.2, 0) is 9.53 Å². The number of carbonyl (C=O) groups is 1. The zero-order valence-corrected chi connectivity index (χ0v) is 21.8. The molecule has 0 spiro atoms. The Morgan fingerprint density at radius 1 is 0.946 bits per heavy atom. The van der Waals surface area contributed by atoms with E-state index in [1.54, 1.807) is 14.2 Å². The number of benzene rings is 3. The van der Waals surface area contributed by atoms with Crippen molar-refractivity contribution >= 4 is 40.3 Å². The van der Waals surface area contributed by atoms with Crippen LogP contribution in [0.1, 0.15) is 18.7 Å². The molecule has 0 aliphatic carbocycles. The van der Waals surface area contributed by atoms with Crippen LogP contribution in [0.15, 0.2) is 71.8 Å². The predicted octanol–water partition coefficient (Wildman–Crippen LogP) is 5.12. The normalized spacial score (nSPS) is 17.6. The first-order chi connectivity index (χ1) is 18.0. The number of hydrogen-bond donors (Lipinski definition) is 0. The lowest BCUT2D eigenvalue weighted by atomic mass is 10.1. The van der Waals surface area contributed by atoms with Crippen molar-refractivity contribution in [3.05, 3.63) is 77.3 Å². The molecule has 2 heterocycles. The van der Waals surface area contributed by atoms with Crippen LogP contribution in [0.5, 0.6) is 11.5 Å². The molecule has 3 aromatic rings. The van der Waals surface area contributed by atoms with Gasteiger partial charge in [-0.3, -0.25) is 9.69 Å². The van der Waals surface area contributed by atoms with Gasteiger partial charge in [0.05, 0.1) is 43.8 Å². The highest BCUT2D eigenvalue weighted by atomic mass is 35.5. The second-order valence-electron chi connectivity index (χ2n) is 8.75. The Kier molecular flexibility index (Phi) is 7.21. The smallest absolute Gasteiger partial charge is 0.198 e. The van der Waals surface area contributed by atoms with Gasteiger partial charge in [-0.25, -0.2) is 5.01 Å². The maximum atomic E-state index is 12.9. The monoisotopic (exact) mass is 520 g/mol. The van der Waals surface area contributed by atoms with Gasteiger partial charge in [0.2, 0.25) is 0 Å². The van der Waals surface area contributed by atoms with E-state index >= 15 is 0 Å². The highest BCUT2D eigenvalue weighted by Gasteiger charge is 2.40. The molecule has 192 valence electrons. The molecule has 0 unspecified atom stereocenters. The number of ether oxygens (including phenoxy) is 3. The number of para-hydroxylation sites is 1. The third-order valence-corrected chi connectivity index (χ3v) is 6.81. The fourth-order valence-corrected chi connectivity index (χ4v) is 5.02. The molecule has 3 aromatic carbocycles.